The number of nitrogens with zero attached hydrogens (tertiary/aromatic N) is 2. The van der Waals surface area contributed by atoms with Gasteiger partial charge in [0.15, 0.2) is 9.84 Å². The molecule has 2 aliphatic heterocycles. The first kappa shape index (κ1) is 17.8. The molecule has 2 fully saturated rings. The van der Waals surface area contributed by atoms with E-state index in [9.17, 15) is 13.2 Å². The second-order valence-electron chi connectivity index (χ2n) is 6.46. The fourth-order valence-corrected chi connectivity index (χ4v) is 6.28. The van der Waals surface area contributed by atoms with E-state index in [1.165, 1.54) is 0 Å². The first-order valence-electron chi connectivity index (χ1n) is 8.30. The Bertz CT molecular complexity index is 720. The Hall–Kier alpha value is -1.05. The van der Waals surface area contributed by atoms with Crippen molar-refractivity contribution in [1.29, 1.82) is 0 Å². The summed E-state index contributed by atoms with van der Waals surface area (Å²) >= 11 is 1.65. The number of thioether (sulfide) groups is 1. The first-order chi connectivity index (χ1) is 11.4. The number of rotatable bonds is 4. The van der Waals surface area contributed by atoms with Crippen molar-refractivity contribution < 1.29 is 13.2 Å². The summed E-state index contributed by atoms with van der Waals surface area (Å²) in [6, 6.07) is 7.75. The summed E-state index contributed by atoms with van der Waals surface area (Å²) in [6.07, 6.45) is 2.35. The highest BCUT2D eigenvalue weighted by molar-refractivity contribution is 7.98. The summed E-state index contributed by atoms with van der Waals surface area (Å²) in [5.74, 6) is 0.318. The van der Waals surface area contributed by atoms with E-state index in [1.54, 1.807) is 11.8 Å². The smallest absolute Gasteiger partial charge is 0.227 e. The molecule has 5 nitrogen and oxygen atoms in total. The largest absolute Gasteiger partial charge is 0.336 e. The van der Waals surface area contributed by atoms with E-state index in [1.807, 2.05) is 42.3 Å². The van der Waals surface area contributed by atoms with Crippen molar-refractivity contribution in [3.8, 4) is 0 Å². The maximum absolute atomic E-state index is 12.8. The van der Waals surface area contributed by atoms with Crippen LogP contribution in [0.4, 0.5) is 0 Å². The normalized spacial score (nSPS) is 26.3. The molecule has 0 aromatic heterocycles. The molecule has 2 heterocycles. The van der Waals surface area contributed by atoms with Crippen molar-refractivity contribution >= 4 is 27.5 Å². The van der Waals surface area contributed by atoms with Crippen LogP contribution in [0.1, 0.15) is 12.5 Å². The number of carbonyl (C=O) groups is 1. The minimum atomic E-state index is -3.06. The number of sulfone groups is 1. The van der Waals surface area contributed by atoms with Gasteiger partial charge in [-0.05, 0) is 30.5 Å². The Kier molecular flexibility index (Phi) is 5.22. The van der Waals surface area contributed by atoms with Crippen LogP contribution >= 0.6 is 11.8 Å². The predicted octanol–water partition coefficient (Wildman–Crippen LogP) is 1.28. The molecule has 1 aromatic rings. The van der Waals surface area contributed by atoms with Crippen LogP contribution in [0.15, 0.2) is 29.2 Å². The summed E-state index contributed by atoms with van der Waals surface area (Å²) in [7, 11) is -3.06. The van der Waals surface area contributed by atoms with Gasteiger partial charge in [0.25, 0.3) is 0 Å². The lowest BCUT2D eigenvalue weighted by Crippen LogP contribution is -2.60. The standard InChI is InChI=1S/C17H24N2O3S2/c1-3-18-7-8-19(16-12-24(21,22)11-15(16)18)17(20)10-13-5-4-6-14(9-13)23-2/h4-6,9,15-16H,3,7-8,10-12H2,1-2H3. The molecule has 132 valence electrons. The number of carbonyl (C=O) groups excluding carboxylic acids is 1. The number of piperazine rings is 1. The lowest BCUT2D eigenvalue weighted by atomic mass is 10.0. The van der Waals surface area contributed by atoms with Crippen LogP contribution in [0.3, 0.4) is 0 Å². The van der Waals surface area contributed by atoms with Gasteiger partial charge >= 0.3 is 0 Å². The zero-order valence-corrected chi connectivity index (χ0v) is 15.8. The quantitative estimate of drug-likeness (QED) is 0.750. The van der Waals surface area contributed by atoms with Gasteiger partial charge in [0.05, 0.1) is 24.0 Å². The maximum Gasteiger partial charge on any atom is 0.227 e. The summed E-state index contributed by atoms with van der Waals surface area (Å²) in [4.78, 5) is 18.0. The molecule has 24 heavy (non-hydrogen) atoms. The fourth-order valence-electron chi connectivity index (χ4n) is 3.79. The second-order valence-corrected chi connectivity index (χ2v) is 9.49. The highest BCUT2D eigenvalue weighted by atomic mass is 32.2. The van der Waals surface area contributed by atoms with E-state index in [0.717, 1.165) is 23.5 Å². The van der Waals surface area contributed by atoms with E-state index in [4.69, 9.17) is 0 Å². The lowest BCUT2D eigenvalue weighted by Gasteiger charge is -2.43. The fraction of sp³-hybridized carbons (Fsp3) is 0.588. The minimum absolute atomic E-state index is 0.0381. The van der Waals surface area contributed by atoms with Gasteiger partial charge in [0.1, 0.15) is 0 Å². The molecule has 7 heteroatoms. The highest BCUT2D eigenvalue weighted by Crippen LogP contribution is 2.27. The number of amides is 1. The monoisotopic (exact) mass is 368 g/mol. The molecular weight excluding hydrogens is 344 g/mol. The minimum Gasteiger partial charge on any atom is -0.336 e. The summed E-state index contributed by atoms with van der Waals surface area (Å²) in [5.41, 5.74) is 0.988. The van der Waals surface area contributed by atoms with Crippen LogP contribution < -0.4 is 0 Å². The molecule has 2 atom stereocenters. The van der Waals surface area contributed by atoms with Crippen molar-refractivity contribution in [2.75, 3.05) is 37.4 Å². The Balaban J connectivity index is 1.77. The second kappa shape index (κ2) is 7.06. The van der Waals surface area contributed by atoms with Crippen molar-refractivity contribution in [3.63, 3.8) is 0 Å². The zero-order chi connectivity index (χ0) is 17.3. The van der Waals surface area contributed by atoms with Crippen LogP contribution in [0.25, 0.3) is 0 Å². The molecule has 3 rings (SSSR count). The molecule has 0 spiro atoms. The third-order valence-corrected chi connectivity index (χ3v) is 7.43. The van der Waals surface area contributed by atoms with Crippen LogP contribution in [0, 0.1) is 0 Å². The average molecular weight is 369 g/mol. The van der Waals surface area contributed by atoms with Crippen molar-refractivity contribution in [2.45, 2.75) is 30.3 Å². The molecule has 1 amide bonds. The van der Waals surface area contributed by atoms with Crippen LogP contribution in [-0.2, 0) is 21.1 Å². The van der Waals surface area contributed by atoms with E-state index in [2.05, 4.69) is 4.90 Å². The van der Waals surface area contributed by atoms with Crippen molar-refractivity contribution in [3.05, 3.63) is 29.8 Å². The average Bonchev–Trinajstić information content (AvgIpc) is 2.88. The Morgan fingerprint density at radius 2 is 2.00 bits per heavy atom. The maximum atomic E-state index is 12.8. The predicted molar refractivity (Wildman–Crippen MR) is 97.1 cm³/mol. The molecule has 2 aliphatic rings. The van der Waals surface area contributed by atoms with Gasteiger partial charge in [-0.15, -0.1) is 11.8 Å². The zero-order valence-electron chi connectivity index (χ0n) is 14.1. The van der Waals surface area contributed by atoms with Gasteiger partial charge in [-0.2, -0.15) is 0 Å². The SMILES string of the molecule is CCN1CCN(C(=O)Cc2cccc(SC)c2)C2CS(=O)(=O)CC21. The summed E-state index contributed by atoms with van der Waals surface area (Å²) < 4.78 is 24.2. The Morgan fingerprint density at radius 3 is 2.71 bits per heavy atom. The van der Waals surface area contributed by atoms with Gasteiger partial charge in [-0.3, -0.25) is 9.69 Å². The molecular formula is C17H24N2O3S2. The van der Waals surface area contributed by atoms with Crippen molar-refractivity contribution in [2.24, 2.45) is 0 Å². The number of hydrogen-bond donors (Lipinski definition) is 0. The molecule has 0 saturated carbocycles. The summed E-state index contributed by atoms with van der Waals surface area (Å²) in [6.45, 7) is 4.25. The Labute approximate surface area is 148 Å². The van der Waals surface area contributed by atoms with Crippen LogP contribution in [0.5, 0.6) is 0 Å². The number of likely N-dealkylation sites (N-methyl/N-ethyl adjacent to an activating group) is 1. The van der Waals surface area contributed by atoms with E-state index in [0.29, 0.717) is 13.0 Å². The number of hydrogen-bond acceptors (Lipinski definition) is 5. The third-order valence-electron chi connectivity index (χ3n) is 5.01. The molecule has 0 bridgehead atoms. The topological polar surface area (TPSA) is 57.7 Å². The molecule has 2 saturated heterocycles. The molecule has 2 unspecified atom stereocenters. The van der Waals surface area contributed by atoms with Gasteiger partial charge < -0.3 is 4.90 Å². The van der Waals surface area contributed by atoms with Crippen LogP contribution in [-0.4, -0.2) is 73.6 Å². The van der Waals surface area contributed by atoms with E-state index < -0.39 is 9.84 Å². The van der Waals surface area contributed by atoms with E-state index >= 15 is 0 Å². The third kappa shape index (κ3) is 3.63. The van der Waals surface area contributed by atoms with Crippen LogP contribution in [0.2, 0.25) is 0 Å². The molecule has 0 N–H and O–H groups in total. The number of fused-ring (bicyclic) bond motifs is 1. The van der Waals surface area contributed by atoms with Gasteiger partial charge in [-0.1, -0.05) is 19.1 Å². The van der Waals surface area contributed by atoms with Gasteiger partial charge in [0.2, 0.25) is 5.91 Å². The lowest BCUT2D eigenvalue weighted by molar-refractivity contribution is -0.136. The Morgan fingerprint density at radius 1 is 1.25 bits per heavy atom. The van der Waals surface area contributed by atoms with Gasteiger partial charge in [-0.25, -0.2) is 8.42 Å². The highest BCUT2D eigenvalue weighted by Gasteiger charge is 2.47. The summed E-state index contributed by atoms with van der Waals surface area (Å²) in [5, 5.41) is 0. The molecule has 1 aromatic carbocycles. The van der Waals surface area contributed by atoms with Crippen molar-refractivity contribution in [1.82, 2.24) is 9.80 Å². The number of benzene rings is 1. The van der Waals surface area contributed by atoms with Gasteiger partial charge in [0, 0.05) is 24.0 Å². The molecule has 0 radical (unpaired) electrons. The first-order valence-corrected chi connectivity index (χ1v) is 11.3. The molecule has 0 aliphatic carbocycles. The van der Waals surface area contributed by atoms with E-state index in [-0.39, 0.29) is 29.5 Å².